The molecule has 0 saturated heterocycles. The minimum Gasteiger partial charge on any atom is -0.347 e. The molecule has 0 atom stereocenters. The van der Waals surface area contributed by atoms with Crippen LogP contribution in [0.3, 0.4) is 0 Å². The molecule has 1 N–H and O–H groups in total. The highest BCUT2D eigenvalue weighted by atomic mass is 16.2. The minimum absolute atomic E-state index is 0.0188. The van der Waals surface area contributed by atoms with Gasteiger partial charge < -0.3 is 10.2 Å². The third kappa shape index (κ3) is 4.97. The monoisotopic (exact) mass is 232 g/mol. The molecule has 0 radical (unpaired) electrons. The maximum absolute atomic E-state index is 11.4. The molecule has 4 nitrogen and oxygen atoms in total. The van der Waals surface area contributed by atoms with Crippen molar-refractivity contribution in [2.24, 2.45) is 0 Å². The molecule has 0 aliphatic carbocycles. The molecule has 0 saturated carbocycles. The van der Waals surface area contributed by atoms with Gasteiger partial charge in [0.25, 0.3) is 0 Å². The fourth-order valence-corrected chi connectivity index (χ4v) is 1.12. The van der Waals surface area contributed by atoms with E-state index in [-0.39, 0.29) is 18.4 Å². The van der Waals surface area contributed by atoms with Crippen LogP contribution in [0.2, 0.25) is 0 Å². The summed E-state index contributed by atoms with van der Waals surface area (Å²) in [7, 11) is 3.29. The number of carbonyl (C=O) groups excluding carboxylic acids is 2. The molecule has 0 heterocycles. The summed E-state index contributed by atoms with van der Waals surface area (Å²) >= 11 is 0. The molecule has 1 rings (SSSR count). The SMILES string of the molecule is CN(C)C(=O)CNC(=O)/C=C/c1ccccc1. The standard InChI is InChI=1S/C13H16N2O2/c1-15(2)13(17)10-14-12(16)9-8-11-6-4-3-5-7-11/h3-9H,10H2,1-2H3,(H,14,16)/b9-8+. The minimum atomic E-state index is -0.274. The predicted molar refractivity (Wildman–Crippen MR) is 67.2 cm³/mol. The van der Waals surface area contributed by atoms with Crippen LogP contribution in [0, 0.1) is 0 Å². The summed E-state index contributed by atoms with van der Waals surface area (Å²) in [6.45, 7) is 0.0188. The Balaban J connectivity index is 2.40. The van der Waals surface area contributed by atoms with Gasteiger partial charge in [0.15, 0.2) is 0 Å². The van der Waals surface area contributed by atoms with E-state index in [1.165, 1.54) is 11.0 Å². The maximum Gasteiger partial charge on any atom is 0.244 e. The van der Waals surface area contributed by atoms with Gasteiger partial charge in [-0.2, -0.15) is 0 Å². The van der Waals surface area contributed by atoms with Crippen molar-refractivity contribution < 1.29 is 9.59 Å². The van der Waals surface area contributed by atoms with Crippen LogP contribution in [-0.4, -0.2) is 37.4 Å². The number of hydrogen-bond acceptors (Lipinski definition) is 2. The summed E-state index contributed by atoms with van der Waals surface area (Å²) in [5.74, 6) is -0.407. The Morgan fingerprint density at radius 1 is 1.24 bits per heavy atom. The number of amides is 2. The highest BCUT2D eigenvalue weighted by molar-refractivity contribution is 5.94. The van der Waals surface area contributed by atoms with Crippen LogP contribution < -0.4 is 5.32 Å². The summed E-state index contributed by atoms with van der Waals surface area (Å²) in [6.07, 6.45) is 3.12. The zero-order valence-electron chi connectivity index (χ0n) is 10.0. The van der Waals surface area contributed by atoms with Crippen LogP contribution in [0.4, 0.5) is 0 Å². The molecule has 1 aromatic rings. The summed E-state index contributed by atoms with van der Waals surface area (Å²) in [5.41, 5.74) is 0.946. The van der Waals surface area contributed by atoms with Crippen molar-refractivity contribution in [2.45, 2.75) is 0 Å². The van der Waals surface area contributed by atoms with Gasteiger partial charge in [-0.25, -0.2) is 0 Å². The molecule has 4 heteroatoms. The predicted octanol–water partition coefficient (Wildman–Crippen LogP) is 0.904. The first-order valence-corrected chi connectivity index (χ1v) is 5.30. The smallest absolute Gasteiger partial charge is 0.244 e. The van der Waals surface area contributed by atoms with Crippen LogP contribution >= 0.6 is 0 Å². The van der Waals surface area contributed by atoms with Crippen molar-refractivity contribution >= 4 is 17.9 Å². The highest BCUT2D eigenvalue weighted by Crippen LogP contribution is 2.00. The first-order chi connectivity index (χ1) is 8.09. The molecule has 0 aliphatic rings. The Bertz CT molecular complexity index is 411. The lowest BCUT2D eigenvalue weighted by atomic mass is 10.2. The first kappa shape index (κ1) is 13.0. The number of benzene rings is 1. The van der Waals surface area contributed by atoms with E-state index in [0.717, 1.165) is 5.56 Å². The van der Waals surface area contributed by atoms with E-state index in [0.29, 0.717) is 0 Å². The highest BCUT2D eigenvalue weighted by Gasteiger charge is 2.04. The third-order valence-corrected chi connectivity index (χ3v) is 2.14. The molecule has 0 unspecified atom stereocenters. The van der Waals surface area contributed by atoms with Crippen LogP contribution in [0.25, 0.3) is 6.08 Å². The van der Waals surface area contributed by atoms with E-state index in [1.54, 1.807) is 20.2 Å². The van der Waals surface area contributed by atoms with Crippen molar-refractivity contribution in [3.8, 4) is 0 Å². The average molecular weight is 232 g/mol. The average Bonchev–Trinajstić information content (AvgIpc) is 2.34. The molecule has 1 aromatic carbocycles. The molecule has 0 spiro atoms. The lowest BCUT2D eigenvalue weighted by Gasteiger charge is -2.09. The molecular formula is C13H16N2O2. The number of likely N-dealkylation sites (N-methyl/N-ethyl adjacent to an activating group) is 1. The summed E-state index contributed by atoms with van der Waals surface area (Å²) in [4.78, 5) is 24.0. The number of rotatable bonds is 4. The Labute approximate surface area is 101 Å². The van der Waals surface area contributed by atoms with Gasteiger partial charge >= 0.3 is 0 Å². The molecule has 90 valence electrons. The van der Waals surface area contributed by atoms with Crippen molar-refractivity contribution in [3.63, 3.8) is 0 Å². The van der Waals surface area contributed by atoms with Gasteiger partial charge in [-0.1, -0.05) is 30.3 Å². The summed E-state index contributed by atoms with van der Waals surface area (Å²) < 4.78 is 0. The van der Waals surface area contributed by atoms with E-state index in [2.05, 4.69) is 5.32 Å². The second-order valence-electron chi connectivity index (χ2n) is 3.75. The topological polar surface area (TPSA) is 49.4 Å². The van der Waals surface area contributed by atoms with Gasteiger partial charge in [-0.15, -0.1) is 0 Å². The van der Waals surface area contributed by atoms with E-state index >= 15 is 0 Å². The number of hydrogen-bond donors (Lipinski definition) is 1. The van der Waals surface area contributed by atoms with Crippen LogP contribution in [0.1, 0.15) is 5.56 Å². The Morgan fingerprint density at radius 3 is 2.47 bits per heavy atom. The molecule has 0 bridgehead atoms. The Hall–Kier alpha value is -2.10. The van der Waals surface area contributed by atoms with Crippen molar-refractivity contribution in [1.29, 1.82) is 0 Å². The lowest BCUT2D eigenvalue weighted by Crippen LogP contribution is -2.35. The quantitative estimate of drug-likeness (QED) is 0.784. The van der Waals surface area contributed by atoms with E-state index in [9.17, 15) is 9.59 Å². The lowest BCUT2D eigenvalue weighted by molar-refractivity contribution is -0.129. The van der Waals surface area contributed by atoms with Gasteiger partial charge in [0, 0.05) is 20.2 Å². The van der Waals surface area contributed by atoms with Crippen LogP contribution in [0.15, 0.2) is 36.4 Å². The largest absolute Gasteiger partial charge is 0.347 e. The second-order valence-corrected chi connectivity index (χ2v) is 3.75. The third-order valence-electron chi connectivity index (χ3n) is 2.14. The summed E-state index contributed by atoms with van der Waals surface area (Å²) in [5, 5.41) is 2.52. The van der Waals surface area contributed by atoms with Crippen molar-refractivity contribution in [1.82, 2.24) is 10.2 Å². The molecule has 0 fully saturated rings. The van der Waals surface area contributed by atoms with Crippen LogP contribution in [-0.2, 0) is 9.59 Å². The fourth-order valence-electron chi connectivity index (χ4n) is 1.12. The van der Waals surface area contributed by atoms with Gasteiger partial charge in [0.05, 0.1) is 6.54 Å². The van der Waals surface area contributed by atoms with E-state index in [4.69, 9.17) is 0 Å². The Kier molecular flexibility index (Phi) is 4.94. The number of nitrogens with one attached hydrogen (secondary N) is 1. The zero-order chi connectivity index (χ0) is 12.7. The van der Waals surface area contributed by atoms with Crippen molar-refractivity contribution in [3.05, 3.63) is 42.0 Å². The van der Waals surface area contributed by atoms with Crippen molar-refractivity contribution in [2.75, 3.05) is 20.6 Å². The number of carbonyl (C=O) groups is 2. The van der Waals surface area contributed by atoms with Gasteiger partial charge in [0.2, 0.25) is 11.8 Å². The van der Waals surface area contributed by atoms with E-state index < -0.39 is 0 Å². The van der Waals surface area contributed by atoms with E-state index in [1.807, 2.05) is 30.3 Å². The maximum atomic E-state index is 11.4. The zero-order valence-corrected chi connectivity index (χ0v) is 10.0. The van der Waals surface area contributed by atoms with Gasteiger partial charge in [0.1, 0.15) is 0 Å². The first-order valence-electron chi connectivity index (χ1n) is 5.30. The molecule has 2 amide bonds. The Morgan fingerprint density at radius 2 is 1.88 bits per heavy atom. The molecular weight excluding hydrogens is 216 g/mol. The molecule has 0 aliphatic heterocycles. The fraction of sp³-hybridized carbons (Fsp3) is 0.231. The molecule has 17 heavy (non-hydrogen) atoms. The number of nitrogens with zero attached hydrogens (tertiary/aromatic N) is 1. The summed E-state index contributed by atoms with van der Waals surface area (Å²) in [6, 6.07) is 9.50. The van der Waals surface area contributed by atoms with Gasteiger partial charge in [-0.3, -0.25) is 9.59 Å². The normalized spacial score (nSPS) is 10.2. The molecule has 0 aromatic heterocycles. The van der Waals surface area contributed by atoms with Crippen LogP contribution in [0.5, 0.6) is 0 Å². The second kappa shape index (κ2) is 6.48. The van der Waals surface area contributed by atoms with Gasteiger partial charge in [-0.05, 0) is 11.6 Å².